The highest BCUT2D eigenvalue weighted by Crippen LogP contribution is 2.32. The van der Waals surface area contributed by atoms with E-state index in [2.05, 4.69) is 31.1 Å². The first kappa shape index (κ1) is 15.6. The predicted octanol–water partition coefficient (Wildman–Crippen LogP) is 3.45. The van der Waals surface area contributed by atoms with Crippen molar-refractivity contribution in [3.8, 4) is 10.4 Å². The van der Waals surface area contributed by atoms with Crippen molar-refractivity contribution in [2.75, 3.05) is 0 Å². The van der Waals surface area contributed by atoms with Crippen LogP contribution in [0.3, 0.4) is 0 Å². The van der Waals surface area contributed by atoms with E-state index in [1.165, 1.54) is 11.3 Å². The number of halogens is 1. The Kier molecular flexibility index (Phi) is 4.34. The standard InChI is InChI=1S/C13H14BrN2O2S2/c1-13(2,3)16-20(17,18)12-6-9(14)4-5-10(12)11-7-15-8-19-11/h4-7,16H,1-3H3. The van der Waals surface area contributed by atoms with Gasteiger partial charge in [0.25, 0.3) is 0 Å². The molecule has 4 nitrogen and oxygen atoms in total. The van der Waals surface area contributed by atoms with E-state index in [0.717, 1.165) is 4.88 Å². The second-order valence-electron chi connectivity index (χ2n) is 5.31. The summed E-state index contributed by atoms with van der Waals surface area (Å²) in [5, 5.41) is 0. The zero-order valence-corrected chi connectivity index (χ0v) is 14.5. The molecule has 1 aromatic carbocycles. The molecule has 0 aliphatic rings. The molecule has 0 saturated heterocycles. The Balaban J connectivity index is 2.59. The van der Waals surface area contributed by atoms with Crippen molar-refractivity contribution in [3.05, 3.63) is 34.4 Å². The molecule has 0 aliphatic heterocycles. The van der Waals surface area contributed by atoms with Crippen LogP contribution in [0.4, 0.5) is 0 Å². The molecule has 0 spiro atoms. The molecule has 1 heterocycles. The summed E-state index contributed by atoms with van der Waals surface area (Å²) < 4.78 is 28.5. The van der Waals surface area contributed by atoms with Gasteiger partial charge in [0.2, 0.25) is 10.0 Å². The van der Waals surface area contributed by atoms with Crippen molar-refractivity contribution in [2.45, 2.75) is 31.2 Å². The Morgan fingerprint density at radius 2 is 2.05 bits per heavy atom. The first-order valence-electron chi connectivity index (χ1n) is 5.85. The second-order valence-corrected chi connectivity index (χ2v) is 8.70. The minimum absolute atomic E-state index is 0.236. The van der Waals surface area contributed by atoms with Crippen LogP contribution in [0.1, 0.15) is 20.8 Å². The molecule has 0 amide bonds. The van der Waals surface area contributed by atoms with Crippen LogP contribution in [0.15, 0.2) is 33.8 Å². The van der Waals surface area contributed by atoms with E-state index in [1.54, 1.807) is 18.3 Å². The average Bonchev–Trinajstić information content (AvgIpc) is 2.79. The van der Waals surface area contributed by atoms with Gasteiger partial charge in [-0.2, -0.15) is 0 Å². The van der Waals surface area contributed by atoms with Crippen molar-refractivity contribution in [3.63, 3.8) is 0 Å². The number of sulfonamides is 1. The van der Waals surface area contributed by atoms with Gasteiger partial charge in [-0.25, -0.2) is 18.1 Å². The minimum atomic E-state index is -3.61. The summed E-state index contributed by atoms with van der Waals surface area (Å²) in [6.45, 7) is 5.42. The maximum atomic E-state index is 12.6. The molecule has 2 aromatic rings. The largest absolute Gasteiger partial charge is 0.241 e. The summed E-state index contributed by atoms with van der Waals surface area (Å²) in [5.41, 5.74) is 2.82. The number of rotatable bonds is 3. The van der Waals surface area contributed by atoms with Crippen LogP contribution in [0.5, 0.6) is 0 Å². The lowest BCUT2D eigenvalue weighted by atomic mass is 10.1. The molecular formula is C13H14BrN2O2S2. The molecule has 0 atom stereocenters. The molecule has 2 rings (SSSR count). The lowest BCUT2D eigenvalue weighted by Gasteiger charge is -2.21. The van der Waals surface area contributed by atoms with E-state index < -0.39 is 15.6 Å². The minimum Gasteiger partial charge on any atom is -0.241 e. The van der Waals surface area contributed by atoms with Crippen LogP contribution in [0.25, 0.3) is 10.4 Å². The molecule has 20 heavy (non-hydrogen) atoms. The third kappa shape index (κ3) is 3.66. The molecule has 0 saturated carbocycles. The Hall–Kier alpha value is -0.760. The van der Waals surface area contributed by atoms with Gasteiger partial charge in [0.15, 0.2) is 5.51 Å². The van der Waals surface area contributed by atoms with E-state index in [9.17, 15) is 8.42 Å². The van der Waals surface area contributed by atoms with E-state index in [1.807, 2.05) is 26.8 Å². The van der Waals surface area contributed by atoms with Gasteiger partial charge in [-0.3, -0.25) is 0 Å². The maximum absolute atomic E-state index is 12.6. The van der Waals surface area contributed by atoms with Gasteiger partial charge < -0.3 is 0 Å². The summed E-state index contributed by atoms with van der Waals surface area (Å²) >= 11 is 4.61. The van der Waals surface area contributed by atoms with Gasteiger partial charge in [-0.1, -0.05) is 22.0 Å². The SMILES string of the molecule is CC(C)(C)NS(=O)(=O)c1cc(Br)ccc1-c1cn[c]s1. The highest BCUT2D eigenvalue weighted by Gasteiger charge is 2.25. The van der Waals surface area contributed by atoms with Crippen LogP contribution < -0.4 is 4.72 Å². The molecule has 1 aromatic heterocycles. The van der Waals surface area contributed by atoms with Gasteiger partial charge in [-0.15, -0.1) is 11.3 Å². The van der Waals surface area contributed by atoms with Crippen LogP contribution in [0, 0.1) is 5.51 Å². The van der Waals surface area contributed by atoms with Crippen LogP contribution in [0.2, 0.25) is 0 Å². The fourth-order valence-electron chi connectivity index (χ4n) is 1.69. The third-order valence-corrected chi connectivity index (χ3v) is 5.36. The summed E-state index contributed by atoms with van der Waals surface area (Å²) in [6.07, 6.45) is 1.62. The Labute approximate surface area is 131 Å². The van der Waals surface area contributed by atoms with Crippen molar-refractivity contribution in [2.24, 2.45) is 0 Å². The topological polar surface area (TPSA) is 59.1 Å². The van der Waals surface area contributed by atoms with E-state index in [4.69, 9.17) is 0 Å². The summed E-state index contributed by atoms with van der Waals surface area (Å²) in [5.74, 6) is 0. The number of benzene rings is 1. The zero-order chi connectivity index (χ0) is 15.0. The normalized spacial score (nSPS) is 12.6. The van der Waals surface area contributed by atoms with Gasteiger partial charge in [0, 0.05) is 21.8 Å². The van der Waals surface area contributed by atoms with E-state index in [0.29, 0.717) is 10.0 Å². The highest BCUT2D eigenvalue weighted by atomic mass is 79.9. The monoisotopic (exact) mass is 373 g/mol. The summed E-state index contributed by atoms with van der Waals surface area (Å²) in [7, 11) is -3.61. The van der Waals surface area contributed by atoms with Crippen LogP contribution >= 0.6 is 27.3 Å². The number of nitrogens with zero attached hydrogens (tertiary/aromatic N) is 1. The van der Waals surface area contributed by atoms with Crippen LogP contribution in [-0.2, 0) is 10.0 Å². The zero-order valence-electron chi connectivity index (χ0n) is 11.3. The highest BCUT2D eigenvalue weighted by molar-refractivity contribution is 9.10. The fourth-order valence-corrected chi connectivity index (χ4v) is 4.53. The third-order valence-electron chi connectivity index (χ3n) is 2.33. The average molecular weight is 374 g/mol. The smallest absolute Gasteiger partial charge is 0.241 e. The number of thiazole rings is 1. The number of nitrogens with one attached hydrogen (secondary N) is 1. The maximum Gasteiger partial charge on any atom is 0.241 e. The Morgan fingerprint density at radius 1 is 1.35 bits per heavy atom. The second kappa shape index (κ2) is 5.55. The molecule has 107 valence electrons. The predicted molar refractivity (Wildman–Crippen MR) is 84.2 cm³/mol. The lowest BCUT2D eigenvalue weighted by Crippen LogP contribution is -2.40. The first-order valence-corrected chi connectivity index (χ1v) is 8.94. The number of hydrogen-bond acceptors (Lipinski definition) is 4. The summed E-state index contributed by atoms with van der Waals surface area (Å²) in [4.78, 5) is 4.89. The Bertz CT molecular complexity index is 704. The number of hydrogen-bond donors (Lipinski definition) is 1. The van der Waals surface area contributed by atoms with Gasteiger partial charge in [0.1, 0.15) is 0 Å². The first-order chi connectivity index (χ1) is 9.19. The van der Waals surface area contributed by atoms with Crippen molar-refractivity contribution >= 4 is 37.3 Å². The van der Waals surface area contributed by atoms with Crippen molar-refractivity contribution in [1.29, 1.82) is 0 Å². The molecule has 0 aliphatic carbocycles. The Morgan fingerprint density at radius 3 is 2.60 bits per heavy atom. The van der Waals surface area contributed by atoms with Crippen LogP contribution in [-0.4, -0.2) is 18.9 Å². The number of aromatic nitrogens is 1. The van der Waals surface area contributed by atoms with Gasteiger partial charge >= 0.3 is 0 Å². The fraction of sp³-hybridized carbons (Fsp3) is 0.308. The van der Waals surface area contributed by atoms with E-state index in [-0.39, 0.29) is 4.90 Å². The van der Waals surface area contributed by atoms with Crippen molar-refractivity contribution in [1.82, 2.24) is 9.71 Å². The molecule has 1 radical (unpaired) electrons. The molecule has 7 heteroatoms. The van der Waals surface area contributed by atoms with Gasteiger partial charge in [-0.05, 0) is 32.9 Å². The molecular weight excluding hydrogens is 360 g/mol. The molecule has 0 unspecified atom stereocenters. The molecule has 0 bridgehead atoms. The van der Waals surface area contributed by atoms with Gasteiger partial charge in [0.05, 0.1) is 9.77 Å². The van der Waals surface area contributed by atoms with E-state index >= 15 is 0 Å². The lowest BCUT2D eigenvalue weighted by molar-refractivity contribution is 0.491. The molecule has 1 N–H and O–H groups in total. The molecule has 0 fully saturated rings. The quantitative estimate of drug-likeness (QED) is 0.895. The van der Waals surface area contributed by atoms with Crippen molar-refractivity contribution < 1.29 is 8.42 Å². The summed E-state index contributed by atoms with van der Waals surface area (Å²) in [6, 6.07) is 5.18.